The third kappa shape index (κ3) is 5.32. The van der Waals surface area contributed by atoms with Crippen LogP contribution in [0.3, 0.4) is 0 Å². The second-order valence-corrected chi connectivity index (χ2v) is 12.2. The van der Waals surface area contributed by atoms with E-state index in [9.17, 15) is 19.5 Å². The molecular weight excluding hydrogens is 530 g/mol. The maximum atomic E-state index is 14.8. The van der Waals surface area contributed by atoms with Crippen molar-refractivity contribution < 1.29 is 24.2 Å². The molecule has 2 bridgehead atoms. The zero-order valence-corrected chi connectivity index (χ0v) is 25.9. The van der Waals surface area contributed by atoms with Gasteiger partial charge in [-0.1, -0.05) is 38.1 Å². The van der Waals surface area contributed by atoms with Gasteiger partial charge in [0, 0.05) is 38.5 Å². The Labute approximate surface area is 251 Å². The van der Waals surface area contributed by atoms with Crippen LogP contribution in [0, 0.1) is 25.7 Å². The van der Waals surface area contributed by atoms with E-state index >= 15 is 0 Å². The van der Waals surface area contributed by atoms with Crippen LogP contribution < -0.4 is 4.90 Å². The normalized spacial score (nSPS) is 27.7. The van der Waals surface area contributed by atoms with Crippen LogP contribution in [0.1, 0.15) is 69.9 Å². The van der Waals surface area contributed by atoms with Crippen molar-refractivity contribution >= 4 is 23.4 Å². The van der Waals surface area contributed by atoms with E-state index < -0.39 is 29.1 Å². The monoisotopic (exact) mass is 579 g/mol. The molecule has 0 radical (unpaired) electrons. The van der Waals surface area contributed by atoms with Crippen LogP contribution in [0.5, 0.6) is 0 Å². The topological polar surface area (TPSA) is 90.4 Å². The number of nitrogens with zero attached hydrogens (tertiary/aromatic N) is 3. The van der Waals surface area contributed by atoms with Crippen molar-refractivity contribution in [1.29, 1.82) is 0 Å². The Hall–Kier alpha value is -2.97. The number of aliphatic hydroxyl groups is 1. The van der Waals surface area contributed by atoms with E-state index in [2.05, 4.69) is 13.2 Å². The molecule has 0 aliphatic carbocycles. The molecule has 1 N–H and O–H groups in total. The first kappa shape index (κ1) is 32.0. The number of likely N-dealkylation sites (tertiary alicyclic amines) is 1. The number of rotatable bonds is 15. The van der Waals surface area contributed by atoms with Crippen LogP contribution in [-0.2, 0) is 19.1 Å². The van der Waals surface area contributed by atoms with Crippen LogP contribution in [0.25, 0.3) is 0 Å². The molecule has 3 aliphatic heterocycles. The minimum atomic E-state index is -1.08. The number of carbonyl (C=O) groups is 3. The van der Waals surface area contributed by atoms with Crippen LogP contribution in [-0.4, -0.2) is 82.7 Å². The third-order valence-electron chi connectivity index (χ3n) is 9.63. The number of ether oxygens (including phenoxy) is 1. The minimum absolute atomic E-state index is 0.0793. The first-order chi connectivity index (χ1) is 20.2. The van der Waals surface area contributed by atoms with Crippen LogP contribution in [0.4, 0.5) is 5.69 Å². The summed E-state index contributed by atoms with van der Waals surface area (Å²) in [5.41, 5.74) is 0.916. The maximum Gasteiger partial charge on any atom is 0.253 e. The van der Waals surface area contributed by atoms with E-state index in [0.717, 1.165) is 29.7 Å². The van der Waals surface area contributed by atoms with E-state index in [1.807, 2.05) is 45.9 Å². The van der Waals surface area contributed by atoms with Crippen molar-refractivity contribution in [1.82, 2.24) is 9.80 Å². The van der Waals surface area contributed by atoms with Gasteiger partial charge < -0.3 is 24.5 Å². The van der Waals surface area contributed by atoms with Gasteiger partial charge in [0.25, 0.3) is 5.91 Å². The van der Waals surface area contributed by atoms with Crippen molar-refractivity contribution in [2.45, 2.75) is 89.9 Å². The number of hydrogen-bond acceptors (Lipinski definition) is 5. The van der Waals surface area contributed by atoms with Gasteiger partial charge in [0.1, 0.15) is 11.6 Å². The lowest BCUT2D eigenvalue weighted by Crippen LogP contribution is -2.56. The number of anilines is 1. The molecule has 3 amide bonds. The Kier molecular flexibility index (Phi) is 9.99. The maximum absolute atomic E-state index is 14.8. The summed E-state index contributed by atoms with van der Waals surface area (Å²) in [6, 6.07) is 5.17. The Morgan fingerprint density at radius 2 is 1.83 bits per heavy atom. The molecule has 42 heavy (non-hydrogen) atoms. The fraction of sp³-hybridized carbons (Fsp3) is 0.618. The molecule has 0 saturated carbocycles. The fourth-order valence-corrected chi connectivity index (χ4v) is 7.69. The summed E-state index contributed by atoms with van der Waals surface area (Å²) in [6.45, 7) is 17.5. The molecule has 2 unspecified atom stereocenters. The minimum Gasteiger partial charge on any atom is -0.396 e. The standard InChI is InChI=1S/C34H49N3O5/c1-7-18-35(19-8-2)30(39)27-28-31(40)37(21-12-11-13-22-38)29(34(28)17-16-33(27,10-4)42-34)32(41)36(20-9-3)26-23-24(5)14-15-25(26)6/h7,9,14-15,23,27-29,38H,1,3,8,10-13,16-22H2,2,4-6H3/t27-,28-,29?,33+,34?/m0/s1. The van der Waals surface area contributed by atoms with Gasteiger partial charge in [0.15, 0.2) is 0 Å². The lowest BCUT2D eigenvalue weighted by atomic mass is 9.64. The molecule has 1 aromatic carbocycles. The van der Waals surface area contributed by atoms with Gasteiger partial charge >= 0.3 is 0 Å². The smallest absolute Gasteiger partial charge is 0.253 e. The Bertz CT molecular complexity index is 1200. The second-order valence-electron chi connectivity index (χ2n) is 12.2. The van der Waals surface area contributed by atoms with E-state index in [1.165, 1.54) is 0 Å². The molecule has 3 heterocycles. The summed E-state index contributed by atoms with van der Waals surface area (Å²) in [7, 11) is 0. The lowest BCUT2D eigenvalue weighted by Gasteiger charge is -2.37. The highest BCUT2D eigenvalue weighted by Crippen LogP contribution is 2.64. The molecule has 3 aliphatic rings. The first-order valence-corrected chi connectivity index (χ1v) is 15.7. The summed E-state index contributed by atoms with van der Waals surface area (Å²) >= 11 is 0. The molecule has 0 aromatic heterocycles. The predicted octanol–water partition coefficient (Wildman–Crippen LogP) is 4.56. The van der Waals surface area contributed by atoms with Crippen molar-refractivity contribution in [3.8, 4) is 0 Å². The fourth-order valence-electron chi connectivity index (χ4n) is 7.69. The van der Waals surface area contributed by atoms with Crippen molar-refractivity contribution in [3.63, 3.8) is 0 Å². The summed E-state index contributed by atoms with van der Waals surface area (Å²) in [5.74, 6) is -1.82. The molecule has 5 atom stereocenters. The van der Waals surface area contributed by atoms with Crippen molar-refractivity contribution in [3.05, 3.63) is 54.6 Å². The van der Waals surface area contributed by atoms with Crippen molar-refractivity contribution in [2.75, 3.05) is 37.7 Å². The highest BCUT2D eigenvalue weighted by Gasteiger charge is 2.79. The Balaban J connectivity index is 1.82. The number of benzene rings is 1. The summed E-state index contributed by atoms with van der Waals surface area (Å²) < 4.78 is 6.99. The molecule has 8 nitrogen and oxygen atoms in total. The second kappa shape index (κ2) is 13.1. The molecule has 1 aromatic rings. The zero-order chi connectivity index (χ0) is 30.7. The quantitative estimate of drug-likeness (QED) is 0.243. The van der Waals surface area contributed by atoms with Gasteiger partial charge in [-0.25, -0.2) is 0 Å². The van der Waals surface area contributed by atoms with Gasteiger partial charge in [0.05, 0.1) is 17.4 Å². The molecular formula is C34H49N3O5. The average molecular weight is 580 g/mol. The van der Waals surface area contributed by atoms with Gasteiger partial charge in [-0.2, -0.15) is 0 Å². The summed E-state index contributed by atoms with van der Waals surface area (Å²) in [5, 5.41) is 9.34. The van der Waals surface area contributed by atoms with Gasteiger partial charge in [-0.15, -0.1) is 13.2 Å². The average Bonchev–Trinajstić information content (AvgIpc) is 3.58. The number of fused-ring (bicyclic) bond motifs is 1. The van der Waals surface area contributed by atoms with Crippen LogP contribution in [0.2, 0.25) is 0 Å². The third-order valence-corrected chi connectivity index (χ3v) is 9.63. The van der Waals surface area contributed by atoms with E-state index in [-0.39, 0.29) is 30.9 Å². The van der Waals surface area contributed by atoms with Crippen LogP contribution in [0.15, 0.2) is 43.5 Å². The Morgan fingerprint density at radius 3 is 2.48 bits per heavy atom. The summed E-state index contributed by atoms with van der Waals surface area (Å²) in [6.07, 6.45) is 8.02. The van der Waals surface area contributed by atoms with E-state index in [0.29, 0.717) is 51.7 Å². The van der Waals surface area contributed by atoms with E-state index in [1.54, 1.807) is 26.9 Å². The predicted molar refractivity (Wildman–Crippen MR) is 165 cm³/mol. The first-order valence-electron chi connectivity index (χ1n) is 15.7. The van der Waals surface area contributed by atoms with Gasteiger partial charge in [-0.3, -0.25) is 14.4 Å². The number of unbranched alkanes of at least 4 members (excludes halogenated alkanes) is 2. The summed E-state index contributed by atoms with van der Waals surface area (Å²) in [4.78, 5) is 48.9. The number of hydrogen-bond donors (Lipinski definition) is 1. The van der Waals surface area contributed by atoms with Gasteiger partial charge in [0.2, 0.25) is 11.8 Å². The SMILES string of the molecule is C=CCN(CCC)C(=O)[C@@H]1[C@H]2C(=O)N(CCCCCO)C(C(=O)N(CC=C)c3cc(C)ccc3C)C23CC[C@@]1(CC)O3. The van der Waals surface area contributed by atoms with Crippen LogP contribution >= 0.6 is 0 Å². The molecule has 4 rings (SSSR count). The van der Waals surface area contributed by atoms with Crippen molar-refractivity contribution in [2.24, 2.45) is 11.8 Å². The molecule has 230 valence electrons. The van der Waals surface area contributed by atoms with E-state index in [4.69, 9.17) is 4.74 Å². The molecule has 3 fully saturated rings. The number of carbonyl (C=O) groups excluding carboxylic acids is 3. The molecule has 8 heteroatoms. The highest BCUT2D eigenvalue weighted by atomic mass is 16.5. The highest BCUT2D eigenvalue weighted by molar-refractivity contribution is 6.05. The zero-order valence-electron chi connectivity index (χ0n) is 25.9. The largest absolute Gasteiger partial charge is 0.396 e. The number of amides is 3. The molecule has 1 spiro atoms. The van der Waals surface area contributed by atoms with Gasteiger partial charge in [-0.05, 0) is 76.0 Å². The number of aliphatic hydroxyl groups excluding tert-OH is 1. The Morgan fingerprint density at radius 1 is 1.10 bits per heavy atom. The number of aryl methyl sites for hydroxylation is 2. The molecule has 3 saturated heterocycles. The lowest BCUT2D eigenvalue weighted by molar-refractivity contribution is -0.151.